The summed E-state index contributed by atoms with van der Waals surface area (Å²) < 4.78 is 45.8. The number of imidazole rings is 1. The Labute approximate surface area is 266 Å². The molecule has 0 aliphatic rings. The van der Waals surface area contributed by atoms with E-state index < -0.39 is 6.11 Å². The fraction of sp³-hybridized carbons (Fsp3) is 0.394. The highest BCUT2D eigenvalue weighted by Crippen LogP contribution is 2.24. The van der Waals surface area contributed by atoms with Crippen molar-refractivity contribution in [3.8, 4) is 5.75 Å². The van der Waals surface area contributed by atoms with E-state index in [0.29, 0.717) is 30.0 Å². The molecule has 0 saturated heterocycles. The number of aryl methyl sites for hydroxylation is 2. The first-order valence-corrected chi connectivity index (χ1v) is 16.0. The normalized spacial score (nSPS) is 10.7. The van der Waals surface area contributed by atoms with E-state index >= 15 is 0 Å². The van der Waals surface area contributed by atoms with E-state index in [0.717, 1.165) is 42.1 Å². The number of hydrogen-bond donors (Lipinski definition) is 1. The molecule has 0 radical (unpaired) electrons. The molecule has 0 bridgehead atoms. The summed E-state index contributed by atoms with van der Waals surface area (Å²) in [5, 5.41) is 2.91. The Balaban J connectivity index is 0.000000293. The largest absolute Gasteiger partial charge is 0.433 e. The first-order valence-electron chi connectivity index (χ1n) is 14.5. The maximum Gasteiger partial charge on any atom is 0.394 e. The van der Waals surface area contributed by atoms with Gasteiger partial charge < -0.3 is 15.0 Å². The van der Waals surface area contributed by atoms with Crippen molar-refractivity contribution in [3.05, 3.63) is 95.2 Å². The van der Waals surface area contributed by atoms with Gasteiger partial charge in [0.05, 0.1) is 5.69 Å². The molecule has 234 valence electrons. The minimum absolute atomic E-state index is 0.192. The molecule has 0 aliphatic heterocycles. The van der Waals surface area contributed by atoms with Gasteiger partial charge in [-0.3, -0.25) is 9.20 Å². The summed E-state index contributed by atoms with van der Waals surface area (Å²) in [5.41, 5.74) is 4.83. The van der Waals surface area contributed by atoms with Gasteiger partial charge in [-0.15, -0.1) is 0 Å². The fourth-order valence-electron chi connectivity index (χ4n) is 4.20. The molecule has 1 amide bonds. The van der Waals surface area contributed by atoms with E-state index in [1.165, 1.54) is 23.9 Å². The van der Waals surface area contributed by atoms with Crippen LogP contribution in [0, 0.1) is 12.7 Å². The number of pyridine rings is 1. The predicted octanol–water partition coefficient (Wildman–Crippen LogP) is 8.63. The highest BCUT2D eigenvalue weighted by atomic mass is 127. The Morgan fingerprint density at radius 3 is 2.26 bits per heavy atom. The second kappa shape index (κ2) is 17.7. The molecule has 4 aromatic rings. The van der Waals surface area contributed by atoms with Crippen LogP contribution in [0.3, 0.4) is 0 Å². The number of alkyl halides is 3. The minimum Gasteiger partial charge on any atom is -0.433 e. The Bertz CT molecular complexity index is 1400. The van der Waals surface area contributed by atoms with Gasteiger partial charge in [0.2, 0.25) is 0 Å². The van der Waals surface area contributed by atoms with Crippen LogP contribution in [-0.2, 0) is 13.0 Å². The number of hydrogen-bond acceptors (Lipinski definition) is 4. The number of fused-ring (bicyclic) bond motifs is 1. The van der Waals surface area contributed by atoms with E-state index in [-0.39, 0.29) is 17.5 Å². The Hall–Kier alpha value is -3.28. The van der Waals surface area contributed by atoms with Crippen LogP contribution in [0.25, 0.3) is 5.65 Å². The van der Waals surface area contributed by atoms with Crippen molar-refractivity contribution in [1.29, 1.82) is 0 Å². The molecule has 0 aliphatic carbocycles. The van der Waals surface area contributed by atoms with Crippen molar-refractivity contribution in [3.63, 3.8) is 0 Å². The number of benzene rings is 2. The molecule has 1 N–H and O–H groups in total. The summed E-state index contributed by atoms with van der Waals surface area (Å²) in [6, 6.07) is 17.5. The van der Waals surface area contributed by atoms with Crippen molar-refractivity contribution < 1.29 is 22.7 Å². The number of amides is 1. The van der Waals surface area contributed by atoms with Gasteiger partial charge in [0.15, 0.2) is 0 Å². The third kappa shape index (κ3) is 11.4. The lowest BCUT2D eigenvalue weighted by Crippen LogP contribution is -2.26. The number of halogens is 4. The third-order valence-electron chi connectivity index (χ3n) is 6.13. The van der Waals surface area contributed by atoms with Crippen LogP contribution < -0.4 is 15.0 Å². The molecule has 6 nitrogen and oxygen atoms in total. The highest BCUT2D eigenvalue weighted by molar-refractivity contribution is 14.1. The molecule has 43 heavy (non-hydrogen) atoms. The molecule has 10 heteroatoms. The minimum atomic E-state index is -3.13. The molecule has 0 saturated carbocycles. The molecular weight excluding hydrogens is 668 g/mol. The van der Waals surface area contributed by atoms with E-state index in [9.17, 15) is 18.0 Å². The van der Waals surface area contributed by atoms with Crippen molar-refractivity contribution >= 4 is 39.8 Å². The smallest absolute Gasteiger partial charge is 0.394 e. The van der Waals surface area contributed by atoms with Crippen LogP contribution in [0.4, 0.5) is 18.9 Å². The van der Waals surface area contributed by atoms with Crippen molar-refractivity contribution in [2.24, 2.45) is 0 Å². The summed E-state index contributed by atoms with van der Waals surface area (Å²) >= 11 is 2.33. The Morgan fingerprint density at radius 2 is 1.70 bits per heavy atom. The van der Waals surface area contributed by atoms with Gasteiger partial charge in [-0.1, -0.05) is 80.1 Å². The number of rotatable bonds is 11. The molecule has 2 heterocycles. The van der Waals surface area contributed by atoms with Gasteiger partial charge in [-0.05, 0) is 55.7 Å². The summed E-state index contributed by atoms with van der Waals surface area (Å²) in [4.78, 5) is 19.1. The zero-order valence-electron chi connectivity index (χ0n) is 25.8. The average molecular weight is 711 g/mol. The molecule has 0 atom stereocenters. The van der Waals surface area contributed by atoms with E-state index in [4.69, 9.17) is 0 Å². The van der Waals surface area contributed by atoms with Crippen LogP contribution in [0.2, 0.25) is 0 Å². The van der Waals surface area contributed by atoms with Gasteiger partial charge in [0, 0.05) is 48.9 Å². The van der Waals surface area contributed by atoms with Crippen molar-refractivity contribution in [2.45, 2.75) is 67.0 Å². The third-order valence-corrected chi connectivity index (χ3v) is 6.61. The zero-order valence-corrected chi connectivity index (χ0v) is 27.9. The summed E-state index contributed by atoms with van der Waals surface area (Å²) in [7, 11) is 0. The molecule has 2 aromatic heterocycles. The van der Waals surface area contributed by atoms with Crippen molar-refractivity contribution in [2.75, 3.05) is 22.4 Å². The molecule has 0 fully saturated rings. The van der Waals surface area contributed by atoms with Crippen LogP contribution >= 0.6 is 22.6 Å². The average Bonchev–Trinajstić information content (AvgIpc) is 3.35. The van der Waals surface area contributed by atoms with Gasteiger partial charge in [0.25, 0.3) is 5.91 Å². The van der Waals surface area contributed by atoms with Gasteiger partial charge in [0.1, 0.15) is 22.9 Å². The maximum atomic E-state index is 13.3. The zero-order chi connectivity index (χ0) is 32.0. The Kier molecular flexibility index (Phi) is 14.8. The lowest BCUT2D eigenvalue weighted by molar-refractivity contribution is -0.158. The first-order chi connectivity index (χ1) is 20.5. The molecule has 4 rings (SSSR count). The SMILES string of the molecule is CC.CCCN(CCI)c1ccc(OC(C)(F)F)cc1.CCc1nc2cc(F)ccn2c1C(=O)NCc1ccc(C)cc1. The standard InChI is InChI=1S/C18H18FN3O.C13H18F2INO.C2H6/c1-3-15-17(22-9-8-14(19)10-16(22)21-15)18(23)20-11-13-6-4-12(2)5-7-13;1-3-9-17(10-8-16)11-4-6-12(7-5-11)18-13(2,14)15;1-2/h4-10H,3,11H2,1-2H3,(H,20,23);4-7H,3,8-10H2,1-2H3;1-2H3. The summed E-state index contributed by atoms with van der Waals surface area (Å²) in [5.74, 6) is -0.379. The lowest BCUT2D eigenvalue weighted by atomic mass is 10.1. The fourth-order valence-corrected chi connectivity index (χ4v) is 4.78. The molecular formula is C33H42F3IN4O2. The number of carbonyl (C=O) groups is 1. The topological polar surface area (TPSA) is 58.9 Å². The van der Waals surface area contributed by atoms with Crippen LogP contribution in [0.15, 0.2) is 66.9 Å². The molecule has 0 spiro atoms. The number of ether oxygens (including phenoxy) is 1. The number of carbonyl (C=O) groups excluding carboxylic acids is 1. The quantitative estimate of drug-likeness (QED) is 0.125. The molecule has 0 unspecified atom stereocenters. The van der Waals surface area contributed by atoms with Crippen LogP contribution in [0.1, 0.15) is 68.3 Å². The Morgan fingerprint density at radius 1 is 1.05 bits per heavy atom. The maximum absolute atomic E-state index is 13.3. The van der Waals surface area contributed by atoms with Gasteiger partial charge in [-0.25, -0.2) is 9.37 Å². The molecule has 2 aromatic carbocycles. The summed E-state index contributed by atoms with van der Waals surface area (Å²) in [6.07, 6.45) is 0.0724. The van der Waals surface area contributed by atoms with E-state index in [1.807, 2.05) is 64.1 Å². The first kappa shape index (κ1) is 35.9. The lowest BCUT2D eigenvalue weighted by Gasteiger charge is -2.23. The summed E-state index contributed by atoms with van der Waals surface area (Å²) in [6.45, 7) is 13.2. The predicted molar refractivity (Wildman–Crippen MR) is 177 cm³/mol. The van der Waals surface area contributed by atoms with Crippen LogP contribution in [0.5, 0.6) is 5.75 Å². The second-order valence-corrected chi connectivity index (χ2v) is 10.7. The van der Waals surface area contributed by atoms with E-state index in [2.05, 4.69) is 49.5 Å². The highest BCUT2D eigenvalue weighted by Gasteiger charge is 2.23. The second-order valence-electron chi connectivity index (χ2n) is 9.58. The monoisotopic (exact) mass is 710 g/mol. The van der Waals surface area contributed by atoms with E-state index in [1.54, 1.807) is 16.5 Å². The number of nitrogens with zero attached hydrogens (tertiary/aromatic N) is 3. The number of nitrogens with one attached hydrogen (secondary N) is 1. The number of anilines is 1. The van der Waals surface area contributed by atoms with Gasteiger partial charge >= 0.3 is 6.11 Å². The van der Waals surface area contributed by atoms with Crippen LogP contribution in [-0.4, -0.2) is 38.9 Å². The van der Waals surface area contributed by atoms with Gasteiger partial charge in [-0.2, -0.15) is 8.78 Å². The van der Waals surface area contributed by atoms with Crippen molar-refractivity contribution in [1.82, 2.24) is 14.7 Å². The number of aromatic nitrogens is 2.